The van der Waals surface area contributed by atoms with Gasteiger partial charge in [-0.1, -0.05) is 35.9 Å². The van der Waals surface area contributed by atoms with Crippen LogP contribution >= 0.6 is 0 Å². The molecule has 2 aromatic heterocycles. The molecule has 1 amide bonds. The molecular weight excluding hydrogens is 462 g/mol. The molecule has 178 valence electrons. The number of amides is 1. The Balaban J connectivity index is 1.84. The van der Waals surface area contributed by atoms with Crippen molar-refractivity contribution in [2.45, 2.75) is 6.92 Å². The summed E-state index contributed by atoms with van der Waals surface area (Å²) in [5.74, 6) is 0.154. The molecule has 0 bridgehead atoms. The SMILES string of the molecule is CNC(=O)c1c(-c2ccc(C)cc2)oc2cc(N(C)S(C)(=O)=O)c(-c3ccc4[nH]ccc4c3)cc12. The van der Waals surface area contributed by atoms with Crippen LogP contribution in [0.15, 0.2) is 71.3 Å². The van der Waals surface area contributed by atoms with E-state index in [2.05, 4.69) is 10.3 Å². The van der Waals surface area contributed by atoms with Crippen LogP contribution in [0.5, 0.6) is 0 Å². The lowest BCUT2D eigenvalue weighted by atomic mass is 9.97. The molecule has 0 saturated heterocycles. The Labute approximate surface area is 203 Å². The number of aromatic nitrogens is 1. The minimum atomic E-state index is -3.56. The van der Waals surface area contributed by atoms with Crippen LogP contribution in [0.1, 0.15) is 15.9 Å². The van der Waals surface area contributed by atoms with E-state index in [-0.39, 0.29) is 5.91 Å². The molecule has 0 aliphatic rings. The van der Waals surface area contributed by atoms with Gasteiger partial charge in [-0.2, -0.15) is 0 Å². The maximum absolute atomic E-state index is 13.0. The average molecular weight is 488 g/mol. The number of rotatable bonds is 5. The van der Waals surface area contributed by atoms with E-state index in [9.17, 15) is 13.2 Å². The van der Waals surface area contributed by atoms with E-state index in [0.29, 0.717) is 33.5 Å². The van der Waals surface area contributed by atoms with E-state index in [4.69, 9.17) is 4.42 Å². The van der Waals surface area contributed by atoms with E-state index in [1.165, 1.54) is 11.4 Å². The summed E-state index contributed by atoms with van der Waals surface area (Å²) in [5.41, 5.74) is 5.62. The first-order valence-corrected chi connectivity index (χ1v) is 12.9. The van der Waals surface area contributed by atoms with Gasteiger partial charge in [0.05, 0.1) is 17.5 Å². The third-order valence-electron chi connectivity index (χ3n) is 6.28. The van der Waals surface area contributed by atoms with Crippen molar-refractivity contribution in [3.63, 3.8) is 0 Å². The molecule has 5 rings (SSSR count). The molecule has 0 atom stereocenters. The number of carbonyl (C=O) groups is 1. The summed E-state index contributed by atoms with van der Waals surface area (Å²) in [6.45, 7) is 1.99. The zero-order chi connectivity index (χ0) is 24.9. The van der Waals surface area contributed by atoms with Gasteiger partial charge < -0.3 is 14.7 Å². The van der Waals surface area contributed by atoms with Gasteiger partial charge in [0.25, 0.3) is 5.91 Å². The fourth-order valence-corrected chi connectivity index (χ4v) is 4.79. The number of aryl methyl sites for hydroxylation is 1. The van der Waals surface area contributed by atoms with Gasteiger partial charge in [-0.15, -0.1) is 0 Å². The Morgan fingerprint density at radius 1 is 1.00 bits per heavy atom. The normalized spacial score (nSPS) is 11.8. The van der Waals surface area contributed by atoms with E-state index in [1.807, 2.05) is 67.7 Å². The van der Waals surface area contributed by atoms with Crippen molar-refractivity contribution in [1.82, 2.24) is 10.3 Å². The number of fused-ring (bicyclic) bond motifs is 2. The molecule has 3 aromatic carbocycles. The van der Waals surface area contributed by atoms with Gasteiger partial charge in [0.15, 0.2) is 0 Å². The maximum atomic E-state index is 13.0. The summed E-state index contributed by atoms with van der Waals surface area (Å²) < 4.78 is 32.5. The number of sulfonamides is 1. The second-order valence-corrected chi connectivity index (χ2v) is 10.6. The number of furan rings is 1. The van der Waals surface area contributed by atoms with Crippen molar-refractivity contribution in [3.05, 3.63) is 78.0 Å². The zero-order valence-electron chi connectivity index (χ0n) is 19.8. The summed E-state index contributed by atoms with van der Waals surface area (Å²) in [7, 11) is -0.473. The third-order valence-corrected chi connectivity index (χ3v) is 7.47. The van der Waals surface area contributed by atoms with Crippen molar-refractivity contribution < 1.29 is 17.6 Å². The van der Waals surface area contributed by atoms with Crippen LogP contribution in [0.4, 0.5) is 5.69 Å². The second kappa shape index (κ2) is 8.32. The van der Waals surface area contributed by atoms with Gasteiger partial charge in [-0.25, -0.2) is 8.42 Å². The first kappa shape index (κ1) is 22.7. The number of nitrogens with zero attached hydrogens (tertiary/aromatic N) is 1. The van der Waals surface area contributed by atoms with Crippen molar-refractivity contribution in [1.29, 1.82) is 0 Å². The van der Waals surface area contributed by atoms with Crippen molar-refractivity contribution >= 4 is 43.5 Å². The van der Waals surface area contributed by atoms with Gasteiger partial charge in [-0.05, 0) is 42.1 Å². The van der Waals surface area contributed by atoms with E-state index in [1.54, 1.807) is 13.1 Å². The topological polar surface area (TPSA) is 95.4 Å². The molecule has 7 nitrogen and oxygen atoms in total. The molecule has 5 aromatic rings. The number of aromatic amines is 1. The second-order valence-electron chi connectivity index (χ2n) is 8.63. The molecule has 2 heterocycles. The summed E-state index contributed by atoms with van der Waals surface area (Å²) in [6, 6.07) is 19.1. The summed E-state index contributed by atoms with van der Waals surface area (Å²) in [6.07, 6.45) is 3.01. The lowest BCUT2D eigenvalue weighted by molar-refractivity contribution is 0.0964. The van der Waals surface area contributed by atoms with Crippen LogP contribution in [0.3, 0.4) is 0 Å². The van der Waals surface area contributed by atoms with Crippen LogP contribution in [0, 0.1) is 6.92 Å². The molecule has 35 heavy (non-hydrogen) atoms. The number of carbonyl (C=O) groups excluding carboxylic acids is 1. The van der Waals surface area contributed by atoms with Crippen molar-refractivity contribution in [2.75, 3.05) is 24.7 Å². The average Bonchev–Trinajstić information content (AvgIpc) is 3.45. The summed E-state index contributed by atoms with van der Waals surface area (Å²) in [5, 5.41) is 4.31. The lowest BCUT2D eigenvalue weighted by Gasteiger charge is -2.20. The minimum Gasteiger partial charge on any atom is -0.455 e. The Hall–Kier alpha value is -4.04. The highest BCUT2D eigenvalue weighted by Crippen LogP contribution is 2.41. The number of hydrogen-bond acceptors (Lipinski definition) is 4. The fourth-order valence-electron chi connectivity index (χ4n) is 4.28. The highest BCUT2D eigenvalue weighted by molar-refractivity contribution is 7.92. The van der Waals surface area contributed by atoms with Gasteiger partial charge in [0.1, 0.15) is 11.3 Å². The third kappa shape index (κ3) is 3.95. The largest absolute Gasteiger partial charge is 0.455 e. The molecule has 0 saturated carbocycles. The zero-order valence-corrected chi connectivity index (χ0v) is 20.7. The Bertz CT molecular complexity index is 1700. The molecule has 0 unspecified atom stereocenters. The molecule has 2 N–H and O–H groups in total. The monoisotopic (exact) mass is 487 g/mol. The predicted molar refractivity (Wildman–Crippen MR) is 140 cm³/mol. The van der Waals surface area contributed by atoms with Crippen molar-refractivity contribution in [2.24, 2.45) is 0 Å². The maximum Gasteiger partial charge on any atom is 0.255 e. The summed E-state index contributed by atoms with van der Waals surface area (Å²) in [4.78, 5) is 16.2. The molecule has 0 aliphatic carbocycles. The molecule has 0 aliphatic heterocycles. The fraction of sp³-hybridized carbons (Fsp3) is 0.148. The molecule has 0 fully saturated rings. The molecular formula is C27H25N3O4S. The first-order valence-electron chi connectivity index (χ1n) is 11.1. The number of anilines is 1. The Morgan fingerprint density at radius 3 is 2.40 bits per heavy atom. The van der Waals surface area contributed by atoms with Crippen LogP contribution in [0.25, 0.3) is 44.3 Å². The number of H-pyrrole nitrogens is 1. The number of nitrogens with one attached hydrogen (secondary N) is 2. The predicted octanol–water partition coefficient (Wildman–Crippen LogP) is 5.31. The van der Waals surface area contributed by atoms with Crippen LogP contribution in [0.2, 0.25) is 0 Å². The number of hydrogen-bond donors (Lipinski definition) is 2. The van der Waals surface area contributed by atoms with Crippen LogP contribution in [-0.4, -0.2) is 39.7 Å². The highest BCUT2D eigenvalue weighted by Gasteiger charge is 2.25. The quantitative estimate of drug-likeness (QED) is 0.351. The standard InChI is InChI=1S/C27H25N3O4S/c1-16-5-7-17(8-6-16)26-25(27(31)28-2)21-14-20(18-9-10-22-19(13-18)11-12-29-22)23(15-24(21)34-26)30(3)35(4,32)33/h5-15,29H,1-4H3,(H,28,31). The Kier molecular flexibility index (Phi) is 5.40. The highest BCUT2D eigenvalue weighted by atomic mass is 32.2. The van der Waals surface area contributed by atoms with E-state index in [0.717, 1.165) is 33.8 Å². The molecule has 0 radical (unpaired) electrons. The first-order chi connectivity index (χ1) is 16.7. The lowest BCUT2D eigenvalue weighted by Crippen LogP contribution is -2.25. The minimum absolute atomic E-state index is 0.282. The van der Waals surface area contributed by atoms with E-state index >= 15 is 0 Å². The number of benzene rings is 3. The van der Waals surface area contributed by atoms with Gasteiger partial charge in [0.2, 0.25) is 10.0 Å². The van der Waals surface area contributed by atoms with Gasteiger partial charge >= 0.3 is 0 Å². The smallest absolute Gasteiger partial charge is 0.255 e. The Morgan fingerprint density at radius 2 is 1.71 bits per heavy atom. The molecule has 8 heteroatoms. The van der Waals surface area contributed by atoms with E-state index < -0.39 is 10.0 Å². The molecule has 0 spiro atoms. The van der Waals surface area contributed by atoms with Crippen LogP contribution in [-0.2, 0) is 10.0 Å². The van der Waals surface area contributed by atoms with Crippen LogP contribution < -0.4 is 9.62 Å². The summed E-state index contributed by atoms with van der Waals surface area (Å²) >= 11 is 0. The van der Waals surface area contributed by atoms with Gasteiger partial charge in [-0.3, -0.25) is 9.10 Å². The van der Waals surface area contributed by atoms with Gasteiger partial charge in [0, 0.05) is 48.4 Å². The van der Waals surface area contributed by atoms with Crippen molar-refractivity contribution in [3.8, 4) is 22.5 Å².